The van der Waals surface area contributed by atoms with Crippen LogP contribution in [0, 0.1) is 5.92 Å². The van der Waals surface area contributed by atoms with Crippen LogP contribution in [0.15, 0.2) is 54.6 Å². The minimum Gasteiger partial charge on any atom is -0.469 e. The van der Waals surface area contributed by atoms with Crippen LogP contribution in [0.25, 0.3) is 0 Å². The van der Waals surface area contributed by atoms with Crippen molar-refractivity contribution in [3.8, 4) is 0 Å². The van der Waals surface area contributed by atoms with E-state index >= 15 is 0 Å². The molecule has 2 aromatic rings. The van der Waals surface area contributed by atoms with Crippen molar-refractivity contribution in [2.24, 2.45) is 5.92 Å². The number of benzene rings is 2. The van der Waals surface area contributed by atoms with E-state index in [1.165, 1.54) is 7.11 Å². The Balaban J connectivity index is 1.50. The number of nitrogens with zero attached hydrogens (tertiary/aromatic N) is 1. The van der Waals surface area contributed by atoms with Gasteiger partial charge in [-0.05, 0) is 48.6 Å². The average molecular weight is 367 g/mol. The van der Waals surface area contributed by atoms with Gasteiger partial charge in [-0.2, -0.15) is 0 Å². The predicted octanol–water partition coefficient (Wildman–Crippen LogP) is 3.82. The number of carbonyl (C=O) groups is 2. The van der Waals surface area contributed by atoms with Crippen LogP contribution in [0.3, 0.4) is 0 Å². The fourth-order valence-corrected chi connectivity index (χ4v) is 3.33. The number of piperidine rings is 1. The van der Waals surface area contributed by atoms with Gasteiger partial charge in [0, 0.05) is 25.2 Å². The first-order valence-electron chi connectivity index (χ1n) is 9.28. The van der Waals surface area contributed by atoms with Gasteiger partial charge in [-0.1, -0.05) is 30.3 Å². The molecule has 1 aliphatic heterocycles. The van der Waals surface area contributed by atoms with Gasteiger partial charge in [-0.15, -0.1) is 0 Å². The molecule has 27 heavy (non-hydrogen) atoms. The molecule has 1 aliphatic rings. The number of esters is 2. The molecule has 1 fully saturated rings. The Morgan fingerprint density at radius 3 is 2.30 bits per heavy atom. The Hall–Kier alpha value is -2.82. The van der Waals surface area contributed by atoms with Gasteiger partial charge in [0.25, 0.3) is 0 Å². The van der Waals surface area contributed by atoms with Crippen LogP contribution in [-0.2, 0) is 20.9 Å². The Bertz CT molecular complexity index is 750. The molecule has 0 aromatic heterocycles. The minimum atomic E-state index is -0.317. The molecule has 0 amide bonds. The molecule has 0 bridgehead atoms. The molecule has 0 atom stereocenters. The second kappa shape index (κ2) is 9.21. The van der Waals surface area contributed by atoms with Crippen molar-refractivity contribution in [1.82, 2.24) is 0 Å². The summed E-state index contributed by atoms with van der Waals surface area (Å²) in [5.74, 6) is -0.0602. The lowest BCUT2D eigenvalue weighted by Crippen LogP contribution is -2.34. The lowest BCUT2D eigenvalue weighted by atomic mass is 9.93. The van der Waals surface area contributed by atoms with Gasteiger partial charge in [0.2, 0.25) is 0 Å². The first-order valence-corrected chi connectivity index (χ1v) is 9.28. The Labute approximate surface area is 159 Å². The highest BCUT2D eigenvalue weighted by molar-refractivity contribution is 5.89. The highest BCUT2D eigenvalue weighted by atomic mass is 16.5. The Kier molecular flexibility index (Phi) is 6.47. The monoisotopic (exact) mass is 367 g/mol. The topological polar surface area (TPSA) is 55.8 Å². The summed E-state index contributed by atoms with van der Waals surface area (Å²) in [6.07, 6.45) is 2.43. The maximum atomic E-state index is 12.2. The predicted molar refractivity (Wildman–Crippen MR) is 104 cm³/mol. The second-order valence-electron chi connectivity index (χ2n) is 6.82. The summed E-state index contributed by atoms with van der Waals surface area (Å²) in [6, 6.07) is 17.2. The van der Waals surface area contributed by atoms with E-state index in [0.29, 0.717) is 17.9 Å². The number of hydrogen-bond donors (Lipinski definition) is 0. The number of hydrogen-bond acceptors (Lipinski definition) is 5. The van der Waals surface area contributed by atoms with Crippen molar-refractivity contribution in [2.45, 2.75) is 25.9 Å². The van der Waals surface area contributed by atoms with E-state index < -0.39 is 0 Å². The molecular formula is C22H25NO4. The lowest BCUT2D eigenvalue weighted by molar-refractivity contribution is -0.141. The van der Waals surface area contributed by atoms with E-state index in [1.54, 1.807) is 0 Å². The average Bonchev–Trinajstić information content (AvgIpc) is 2.73. The van der Waals surface area contributed by atoms with Gasteiger partial charge in [-0.3, -0.25) is 4.79 Å². The summed E-state index contributed by atoms with van der Waals surface area (Å²) in [5, 5.41) is 0. The largest absolute Gasteiger partial charge is 0.469 e. The zero-order valence-electron chi connectivity index (χ0n) is 15.6. The maximum Gasteiger partial charge on any atom is 0.338 e. The van der Waals surface area contributed by atoms with Gasteiger partial charge in [0.15, 0.2) is 0 Å². The SMILES string of the molecule is COC(=O)CC1CCN(c2ccc(C(=O)OCc3ccccc3)cc2)CC1. The van der Waals surface area contributed by atoms with Crippen molar-refractivity contribution in [3.05, 3.63) is 65.7 Å². The maximum absolute atomic E-state index is 12.2. The van der Waals surface area contributed by atoms with Crippen LogP contribution in [0.5, 0.6) is 0 Å². The third-order valence-electron chi connectivity index (χ3n) is 4.98. The van der Waals surface area contributed by atoms with Crippen molar-refractivity contribution in [3.63, 3.8) is 0 Å². The quantitative estimate of drug-likeness (QED) is 0.727. The molecule has 2 aromatic carbocycles. The first-order chi connectivity index (χ1) is 13.2. The van der Waals surface area contributed by atoms with Crippen molar-refractivity contribution in [1.29, 1.82) is 0 Å². The van der Waals surface area contributed by atoms with Crippen molar-refractivity contribution >= 4 is 17.6 Å². The number of anilines is 1. The van der Waals surface area contributed by atoms with Crippen LogP contribution < -0.4 is 4.90 Å². The summed E-state index contributed by atoms with van der Waals surface area (Å²) in [4.78, 5) is 25.9. The molecular weight excluding hydrogens is 342 g/mol. The van der Waals surface area contributed by atoms with Crippen LogP contribution in [0.1, 0.15) is 35.2 Å². The molecule has 0 saturated carbocycles. The van der Waals surface area contributed by atoms with Gasteiger partial charge in [-0.25, -0.2) is 4.79 Å². The molecule has 0 unspecified atom stereocenters. The van der Waals surface area contributed by atoms with E-state index in [1.807, 2.05) is 54.6 Å². The molecule has 0 aliphatic carbocycles. The molecule has 0 radical (unpaired) electrons. The second-order valence-corrected chi connectivity index (χ2v) is 6.82. The number of rotatable bonds is 6. The molecule has 1 heterocycles. The lowest BCUT2D eigenvalue weighted by Gasteiger charge is -2.33. The number of ether oxygens (including phenoxy) is 2. The van der Waals surface area contributed by atoms with Crippen LogP contribution >= 0.6 is 0 Å². The van der Waals surface area contributed by atoms with E-state index in [-0.39, 0.29) is 18.5 Å². The summed E-state index contributed by atoms with van der Waals surface area (Å²) in [5.41, 5.74) is 2.61. The zero-order valence-corrected chi connectivity index (χ0v) is 15.6. The fraction of sp³-hybridized carbons (Fsp3) is 0.364. The van der Waals surface area contributed by atoms with Crippen LogP contribution in [-0.4, -0.2) is 32.1 Å². The molecule has 0 N–H and O–H groups in total. The summed E-state index contributed by atoms with van der Waals surface area (Å²) in [7, 11) is 1.43. The van der Waals surface area contributed by atoms with Crippen molar-refractivity contribution in [2.75, 3.05) is 25.1 Å². The molecule has 142 valence electrons. The van der Waals surface area contributed by atoms with Gasteiger partial charge in [0.1, 0.15) is 6.61 Å². The van der Waals surface area contributed by atoms with Gasteiger partial charge < -0.3 is 14.4 Å². The van der Waals surface area contributed by atoms with Crippen molar-refractivity contribution < 1.29 is 19.1 Å². The molecule has 5 heteroatoms. The van der Waals surface area contributed by atoms with Gasteiger partial charge >= 0.3 is 11.9 Å². The van der Waals surface area contributed by atoms with Crippen LogP contribution in [0.2, 0.25) is 0 Å². The van der Waals surface area contributed by atoms with E-state index in [4.69, 9.17) is 9.47 Å². The van der Waals surface area contributed by atoms with E-state index in [9.17, 15) is 9.59 Å². The summed E-state index contributed by atoms with van der Waals surface area (Å²) in [6.45, 7) is 2.08. The standard InChI is InChI=1S/C22H25NO4/c1-26-21(24)15-17-11-13-23(14-12-17)20-9-7-19(8-10-20)22(25)27-16-18-5-3-2-4-6-18/h2-10,17H,11-16H2,1H3. The Morgan fingerprint density at radius 2 is 1.67 bits per heavy atom. The molecule has 0 spiro atoms. The number of methoxy groups -OCH3 is 1. The third-order valence-corrected chi connectivity index (χ3v) is 4.98. The summed E-state index contributed by atoms with van der Waals surface area (Å²) >= 11 is 0. The third kappa shape index (κ3) is 5.33. The minimum absolute atomic E-state index is 0.133. The van der Waals surface area contributed by atoms with Crippen LogP contribution in [0.4, 0.5) is 5.69 Å². The first kappa shape index (κ1) is 19.0. The smallest absolute Gasteiger partial charge is 0.338 e. The summed E-state index contributed by atoms with van der Waals surface area (Å²) < 4.78 is 10.1. The highest BCUT2D eigenvalue weighted by Crippen LogP contribution is 2.26. The Morgan fingerprint density at radius 1 is 1.00 bits per heavy atom. The molecule has 3 rings (SSSR count). The van der Waals surface area contributed by atoms with E-state index in [2.05, 4.69) is 4.90 Å². The van der Waals surface area contributed by atoms with Gasteiger partial charge in [0.05, 0.1) is 12.7 Å². The zero-order chi connectivity index (χ0) is 19.1. The molecule has 5 nitrogen and oxygen atoms in total. The van der Waals surface area contributed by atoms with E-state index in [0.717, 1.165) is 37.2 Å². The normalized spacial score (nSPS) is 14.6. The number of carbonyl (C=O) groups excluding carboxylic acids is 2. The molecule has 1 saturated heterocycles. The highest BCUT2D eigenvalue weighted by Gasteiger charge is 2.22. The fourth-order valence-electron chi connectivity index (χ4n) is 3.33.